The highest BCUT2D eigenvalue weighted by Gasteiger charge is 2.09. The average molecular weight is 208 g/mol. The summed E-state index contributed by atoms with van der Waals surface area (Å²) in [4.78, 5) is 10.0. The maximum atomic E-state index is 10.0. The van der Waals surface area contributed by atoms with E-state index in [0.29, 0.717) is 6.42 Å². The summed E-state index contributed by atoms with van der Waals surface area (Å²) >= 11 is 0. The minimum atomic E-state index is -0.914. The Bertz CT molecular complexity index is 110. The van der Waals surface area contributed by atoms with Crippen molar-refractivity contribution >= 4 is 12.2 Å². The third kappa shape index (κ3) is 22.5. The highest BCUT2D eigenvalue weighted by atomic mass is 16.4. The summed E-state index contributed by atoms with van der Waals surface area (Å²) < 4.78 is 0. The molecule has 0 aliphatic rings. The second-order valence-corrected chi connectivity index (χ2v) is 1.52. The summed E-state index contributed by atoms with van der Waals surface area (Å²) in [5.74, 6) is -1.50. The molecule has 6 heteroatoms. The molecule has 1 unspecified atom stereocenters. The SMILES string of the molecule is CCC(C=N)C(=O)O.CN.CN.CN. The molecular formula is C8H24N4O2. The molecule has 0 saturated carbocycles. The molecule has 6 nitrogen and oxygen atoms in total. The Morgan fingerprint density at radius 1 is 1.29 bits per heavy atom. The minimum Gasteiger partial charge on any atom is -0.481 e. The molecule has 8 N–H and O–H groups in total. The zero-order chi connectivity index (χ0) is 12.6. The van der Waals surface area contributed by atoms with E-state index in [0.717, 1.165) is 6.21 Å². The van der Waals surface area contributed by atoms with E-state index in [-0.39, 0.29) is 0 Å². The summed E-state index contributed by atoms with van der Waals surface area (Å²) in [5, 5.41) is 14.8. The van der Waals surface area contributed by atoms with Crippen LogP contribution in [0.15, 0.2) is 0 Å². The van der Waals surface area contributed by atoms with Gasteiger partial charge in [0.15, 0.2) is 0 Å². The summed E-state index contributed by atoms with van der Waals surface area (Å²) in [6, 6.07) is 0. The van der Waals surface area contributed by atoms with Crippen molar-refractivity contribution in [2.24, 2.45) is 23.1 Å². The van der Waals surface area contributed by atoms with Gasteiger partial charge >= 0.3 is 5.97 Å². The number of carboxylic acids is 1. The fraction of sp³-hybridized carbons (Fsp3) is 0.750. The summed E-state index contributed by atoms with van der Waals surface area (Å²) in [6.07, 6.45) is 1.45. The molecule has 0 aromatic rings. The Labute approximate surface area is 86.0 Å². The third-order valence-electron chi connectivity index (χ3n) is 0.958. The van der Waals surface area contributed by atoms with Crippen molar-refractivity contribution < 1.29 is 9.90 Å². The monoisotopic (exact) mass is 208 g/mol. The fourth-order valence-electron chi connectivity index (χ4n) is 0.364. The number of hydrogen-bond acceptors (Lipinski definition) is 5. The largest absolute Gasteiger partial charge is 0.481 e. The van der Waals surface area contributed by atoms with Crippen molar-refractivity contribution in [1.82, 2.24) is 0 Å². The molecule has 0 heterocycles. The number of nitrogens with two attached hydrogens (primary N) is 3. The Morgan fingerprint density at radius 2 is 1.57 bits per heavy atom. The van der Waals surface area contributed by atoms with Gasteiger partial charge in [-0.2, -0.15) is 0 Å². The molecule has 0 aromatic carbocycles. The van der Waals surface area contributed by atoms with Crippen LogP contribution in [0.5, 0.6) is 0 Å². The van der Waals surface area contributed by atoms with Crippen molar-refractivity contribution in [2.45, 2.75) is 13.3 Å². The van der Waals surface area contributed by atoms with Gasteiger partial charge in [-0.25, -0.2) is 0 Å². The lowest BCUT2D eigenvalue weighted by molar-refractivity contribution is -0.139. The lowest BCUT2D eigenvalue weighted by Crippen LogP contribution is -2.12. The average Bonchev–Trinajstić information content (AvgIpc) is 2.28. The molecule has 0 bridgehead atoms. The molecule has 0 radical (unpaired) electrons. The van der Waals surface area contributed by atoms with Crippen LogP contribution in [0.25, 0.3) is 0 Å². The molecule has 14 heavy (non-hydrogen) atoms. The summed E-state index contributed by atoms with van der Waals surface area (Å²) in [5.41, 5.74) is 13.5. The van der Waals surface area contributed by atoms with Gasteiger partial charge in [-0.15, -0.1) is 0 Å². The normalized spacial score (nSPS) is 8.50. The molecule has 1 atom stereocenters. The van der Waals surface area contributed by atoms with Gasteiger partial charge < -0.3 is 27.7 Å². The Kier molecular flexibility index (Phi) is 48.9. The lowest BCUT2D eigenvalue weighted by atomic mass is 10.1. The van der Waals surface area contributed by atoms with Gasteiger partial charge in [0.05, 0.1) is 5.92 Å². The van der Waals surface area contributed by atoms with Crippen LogP contribution in [-0.4, -0.2) is 38.4 Å². The molecule has 88 valence electrons. The number of rotatable bonds is 3. The van der Waals surface area contributed by atoms with Gasteiger partial charge in [0.2, 0.25) is 0 Å². The zero-order valence-electron chi connectivity index (χ0n) is 9.45. The molecule has 0 spiro atoms. The number of carbonyl (C=O) groups is 1. The predicted molar refractivity (Wildman–Crippen MR) is 60.5 cm³/mol. The molecule has 0 amide bonds. The highest BCUT2D eigenvalue weighted by Crippen LogP contribution is 1.96. The van der Waals surface area contributed by atoms with Gasteiger partial charge in [-0.1, -0.05) is 6.92 Å². The van der Waals surface area contributed by atoms with Gasteiger partial charge in [0.1, 0.15) is 0 Å². The number of nitrogens with one attached hydrogen (secondary N) is 1. The molecule has 0 rings (SSSR count). The van der Waals surface area contributed by atoms with E-state index in [4.69, 9.17) is 10.5 Å². The third-order valence-corrected chi connectivity index (χ3v) is 0.958. The maximum absolute atomic E-state index is 10.0. The molecule has 0 aliphatic carbocycles. The summed E-state index contributed by atoms with van der Waals surface area (Å²) in [6.45, 7) is 1.74. The second-order valence-electron chi connectivity index (χ2n) is 1.52. The second kappa shape index (κ2) is 29.6. The van der Waals surface area contributed by atoms with Crippen LogP contribution < -0.4 is 17.2 Å². The minimum absolute atomic E-state index is 0.499. The van der Waals surface area contributed by atoms with Gasteiger partial charge in [-0.05, 0) is 27.6 Å². The van der Waals surface area contributed by atoms with Crippen molar-refractivity contribution in [3.05, 3.63) is 0 Å². The van der Waals surface area contributed by atoms with Gasteiger partial charge in [0, 0.05) is 6.21 Å². The quantitative estimate of drug-likeness (QED) is 0.397. The van der Waals surface area contributed by atoms with Crippen molar-refractivity contribution in [3.8, 4) is 0 Å². The first kappa shape index (κ1) is 23.1. The molecule has 0 fully saturated rings. The van der Waals surface area contributed by atoms with E-state index in [1.54, 1.807) is 6.92 Å². The van der Waals surface area contributed by atoms with E-state index in [2.05, 4.69) is 17.2 Å². The van der Waals surface area contributed by atoms with Crippen LogP contribution in [0.4, 0.5) is 0 Å². The number of aliphatic carboxylic acids is 1. The van der Waals surface area contributed by atoms with E-state index in [1.807, 2.05) is 0 Å². The van der Waals surface area contributed by atoms with E-state index < -0.39 is 11.9 Å². The van der Waals surface area contributed by atoms with Crippen molar-refractivity contribution in [2.75, 3.05) is 21.1 Å². The predicted octanol–water partition coefficient (Wildman–Crippen LogP) is -0.529. The first-order valence-electron chi connectivity index (χ1n) is 4.19. The zero-order valence-corrected chi connectivity index (χ0v) is 9.45. The van der Waals surface area contributed by atoms with Crippen molar-refractivity contribution in [3.63, 3.8) is 0 Å². The maximum Gasteiger partial charge on any atom is 0.311 e. The Balaban J connectivity index is -0.0000000708. The van der Waals surface area contributed by atoms with Crippen LogP contribution in [0.3, 0.4) is 0 Å². The first-order valence-corrected chi connectivity index (χ1v) is 4.19. The Hall–Kier alpha value is -0.980. The molecular weight excluding hydrogens is 184 g/mol. The number of hydrogen-bond donors (Lipinski definition) is 5. The van der Waals surface area contributed by atoms with Crippen molar-refractivity contribution in [1.29, 1.82) is 5.41 Å². The van der Waals surface area contributed by atoms with Crippen LogP contribution in [0.2, 0.25) is 0 Å². The Morgan fingerprint density at radius 3 is 1.57 bits per heavy atom. The molecule has 0 aromatic heterocycles. The van der Waals surface area contributed by atoms with E-state index in [9.17, 15) is 4.79 Å². The standard InChI is InChI=1S/C5H9NO2.3CH5N/c1-2-4(3-6)5(7)8;3*1-2/h3-4,6H,2H2,1H3,(H,7,8);3*2H2,1H3. The van der Waals surface area contributed by atoms with E-state index >= 15 is 0 Å². The van der Waals surface area contributed by atoms with E-state index in [1.165, 1.54) is 21.1 Å². The first-order chi connectivity index (χ1) is 6.72. The highest BCUT2D eigenvalue weighted by molar-refractivity contribution is 5.87. The van der Waals surface area contributed by atoms with Crippen LogP contribution >= 0.6 is 0 Å². The topological polar surface area (TPSA) is 139 Å². The smallest absolute Gasteiger partial charge is 0.311 e. The lowest BCUT2D eigenvalue weighted by Gasteiger charge is -1.97. The van der Waals surface area contributed by atoms with Crippen LogP contribution in [0.1, 0.15) is 13.3 Å². The van der Waals surface area contributed by atoms with Crippen LogP contribution in [-0.2, 0) is 4.79 Å². The van der Waals surface area contributed by atoms with Gasteiger partial charge in [0.25, 0.3) is 0 Å². The number of carboxylic acid groups (broad SMARTS) is 1. The van der Waals surface area contributed by atoms with Crippen LogP contribution in [0, 0.1) is 11.3 Å². The molecule has 0 aliphatic heterocycles. The fourth-order valence-corrected chi connectivity index (χ4v) is 0.364. The molecule has 0 saturated heterocycles. The van der Waals surface area contributed by atoms with Gasteiger partial charge in [-0.3, -0.25) is 4.79 Å². The summed E-state index contributed by atoms with van der Waals surface area (Å²) in [7, 11) is 4.50.